The van der Waals surface area contributed by atoms with E-state index in [0.29, 0.717) is 24.4 Å². The van der Waals surface area contributed by atoms with Crippen LogP contribution in [0.2, 0.25) is 0 Å². The van der Waals surface area contributed by atoms with Gasteiger partial charge in [0.1, 0.15) is 0 Å². The van der Waals surface area contributed by atoms with E-state index in [-0.39, 0.29) is 5.91 Å². The molecule has 2 fully saturated rings. The van der Waals surface area contributed by atoms with Crippen LogP contribution in [0.4, 0.5) is 0 Å². The van der Waals surface area contributed by atoms with Crippen LogP contribution in [0.5, 0.6) is 0 Å². The Bertz CT molecular complexity index is 691. The molecule has 1 aromatic carbocycles. The molecule has 2 heterocycles. The average Bonchev–Trinajstić information content (AvgIpc) is 3.34. The number of rotatable bonds is 5. The second-order valence-corrected chi connectivity index (χ2v) is 8.35. The molecule has 1 amide bonds. The van der Waals surface area contributed by atoms with Crippen molar-refractivity contribution in [2.24, 2.45) is 5.92 Å². The predicted molar refractivity (Wildman–Crippen MR) is 98.4 cm³/mol. The van der Waals surface area contributed by atoms with E-state index in [1.54, 1.807) is 0 Å². The number of hydrogen-bond donors (Lipinski definition) is 1. The first-order chi connectivity index (χ1) is 11.7. The molecule has 1 saturated carbocycles. The number of para-hydroxylation sites is 1. The summed E-state index contributed by atoms with van der Waals surface area (Å²) in [5.74, 6) is 1.36. The number of carbonyl (C=O) groups is 1. The van der Waals surface area contributed by atoms with E-state index in [2.05, 4.69) is 35.3 Å². The molecule has 2 aliphatic rings. The Morgan fingerprint density at radius 1 is 1.38 bits per heavy atom. The van der Waals surface area contributed by atoms with E-state index in [0.717, 1.165) is 25.0 Å². The minimum Gasteiger partial charge on any atom is -0.352 e. The molecule has 5 heteroatoms. The van der Waals surface area contributed by atoms with Crippen molar-refractivity contribution in [1.29, 1.82) is 0 Å². The summed E-state index contributed by atoms with van der Waals surface area (Å²) in [4.78, 5) is 19.4. The van der Waals surface area contributed by atoms with Gasteiger partial charge in [-0.1, -0.05) is 12.1 Å². The highest BCUT2D eigenvalue weighted by molar-refractivity contribution is 7.18. The van der Waals surface area contributed by atoms with Crippen molar-refractivity contribution in [3.63, 3.8) is 0 Å². The fourth-order valence-electron chi connectivity index (χ4n) is 3.68. The molecule has 0 unspecified atom stereocenters. The number of thiazole rings is 1. The van der Waals surface area contributed by atoms with E-state index < -0.39 is 0 Å². The van der Waals surface area contributed by atoms with Gasteiger partial charge in [0.2, 0.25) is 5.91 Å². The summed E-state index contributed by atoms with van der Waals surface area (Å²) in [5, 5.41) is 4.40. The van der Waals surface area contributed by atoms with Crippen molar-refractivity contribution < 1.29 is 4.79 Å². The molecular weight excluding hydrogens is 318 g/mol. The number of hydrogen-bond acceptors (Lipinski definition) is 4. The molecule has 1 aliphatic heterocycles. The lowest BCUT2D eigenvalue weighted by Gasteiger charge is -2.31. The Hall–Kier alpha value is -1.46. The van der Waals surface area contributed by atoms with Gasteiger partial charge >= 0.3 is 0 Å². The number of fused-ring (bicyclic) bond motifs is 1. The zero-order valence-electron chi connectivity index (χ0n) is 14.2. The number of piperidine rings is 1. The average molecular weight is 343 g/mol. The van der Waals surface area contributed by atoms with Crippen molar-refractivity contribution in [2.75, 3.05) is 19.6 Å². The number of nitrogens with zero attached hydrogens (tertiary/aromatic N) is 2. The van der Waals surface area contributed by atoms with Crippen molar-refractivity contribution in [2.45, 2.75) is 44.6 Å². The Kier molecular flexibility index (Phi) is 4.55. The lowest BCUT2D eigenvalue weighted by Crippen LogP contribution is -2.44. The molecular formula is C19H25N3OS. The van der Waals surface area contributed by atoms with Gasteiger partial charge in [0.05, 0.1) is 21.8 Å². The van der Waals surface area contributed by atoms with Gasteiger partial charge in [-0.25, -0.2) is 4.98 Å². The predicted octanol–water partition coefficient (Wildman–Crippen LogP) is 3.39. The Morgan fingerprint density at radius 3 is 3.00 bits per heavy atom. The van der Waals surface area contributed by atoms with Gasteiger partial charge in [0.25, 0.3) is 0 Å². The van der Waals surface area contributed by atoms with Gasteiger partial charge in [0.15, 0.2) is 0 Å². The summed E-state index contributed by atoms with van der Waals surface area (Å²) in [6, 6.07) is 8.68. The van der Waals surface area contributed by atoms with Crippen molar-refractivity contribution in [3.05, 3.63) is 29.3 Å². The van der Waals surface area contributed by atoms with Gasteiger partial charge in [-0.3, -0.25) is 9.69 Å². The van der Waals surface area contributed by atoms with E-state index in [1.165, 1.54) is 29.0 Å². The third-order valence-corrected chi connectivity index (χ3v) is 6.45. The fraction of sp³-hybridized carbons (Fsp3) is 0.579. The van der Waals surface area contributed by atoms with Crippen LogP contribution in [0.3, 0.4) is 0 Å². The van der Waals surface area contributed by atoms with Gasteiger partial charge in [-0.15, -0.1) is 11.3 Å². The first-order valence-electron chi connectivity index (χ1n) is 9.06. The molecule has 2 atom stereocenters. The molecule has 0 spiro atoms. The fourth-order valence-corrected chi connectivity index (χ4v) is 4.78. The largest absolute Gasteiger partial charge is 0.352 e. The Labute approximate surface area is 147 Å². The minimum absolute atomic E-state index is 0.180. The molecule has 128 valence electrons. The van der Waals surface area contributed by atoms with Crippen LogP contribution >= 0.6 is 11.3 Å². The second kappa shape index (κ2) is 6.81. The van der Waals surface area contributed by atoms with Crippen LogP contribution in [0.15, 0.2) is 24.3 Å². The number of nitrogens with one attached hydrogen (secondary N) is 1. The lowest BCUT2D eigenvalue weighted by molar-refractivity contribution is -0.123. The van der Waals surface area contributed by atoms with Crippen LogP contribution in [-0.4, -0.2) is 41.5 Å². The van der Waals surface area contributed by atoms with E-state index in [1.807, 2.05) is 17.4 Å². The second-order valence-electron chi connectivity index (χ2n) is 7.29. The SMILES string of the molecule is C[C@H](NC(=O)CN1CCC[C@H](c2nc3ccccc3s2)C1)C1CC1. The van der Waals surface area contributed by atoms with Crippen LogP contribution in [-0.2, 0) is 4.79 Å². The summed E-state index contributed by atoms with van der Waals surface area (Å²) in [7, 11) is 0. The van der Waals surface area contributed by atoms with Crippen LogP contribution in [0, 0.1) is 5.92 Å². The molecule has 1 saturated heterocycles. The highest BCUT2D eigenvalue weighted by Gasteiger charge is 2.30. The summed E-state index contributed by atoms with van der Waals surface area (Å²) in [6.45, 7) is 4.63. The van der Waals surface area contributed by atoms with Crippen molar-refractivity contribution >= 4 is 27.5 Å². The van der Waals surface area contributed by atoms with Gasteiger partial charge in [-0.05, 0) is 57.2 Å². The molecule has 1 N–H and O–H groups in total. The molecule has 2 aromatic rings. The maximum Gasteiger partial charge on any atom is 0.234 e. The molecule has 1 aliphatic carbocycles. The minimum atomic E-state index is 0.180. The Balaban J connectivity index is 1.37. The van der Waals surface area contributed by atoms with Gasteiger partial charge in [-0.2, -0.15) is 0 Å². The zero-order chi connectivity index (χ0) is 16.5. The number of carbonyl (C=O) groups excluding carboxylic acids is 1. The van der Waals surface area contributed by atoms with Gasteiger partial charge < -0.3 is 5.32 Å². The third-order valence-electron chi connectivity index (χ3n) is 5.25. The van der Waals surface area contributed by atoms with Crippen LogP contribution in [0.25, 0.3) is 10.2 Å². The van der Waals surface area contributed by atoms with Crippen LogP contribution < -0.4 is 5.32 Å². The maximum atomic E-state index is 12.3. The first-order valence-corrected chi connectivity index (χ1v) is 9.88. The number of amides is 1. The van der Waals surface area contributed by atoms with E-state index in [4.69, 9.17) is 4.98 Å². The third kappa shape index (κ3) is 3.62. The maximum absolute atomic E-state index is 12.3. The topological polar surface area (TPSA) is 45.2 Å². The monoisotopic (exact) mass is 343 g/mol. The quantitative estimate of drug-likeness (QED) is 0.905. The van der Waals surface area contributed by atoms with Crippen molar-refractivity contribution in [3.8, 4) is 0 Å². The molecule has 1 aromatic heterocycles. The molecule has 24 heavy (non-hydrogen) atoms. The van der Waals surface area contributed by atoms with Crippen LogP contribution in [0.1, 0.15) is 43.5 Å². The van der Waals surface area contributed by atoms with E-state index in [9.17, 15) is 4.79 Å². The molecule has 4 rings (SSSR count). The molecule has 0 bridgehead atoms. The highest BCUT2D eigenvalue weighted by atomic mass is 32.1. The summed E-state index contributed by atoms with van der Waals surface area (Å²) < 4.78 is 1.26. The zero-order valence-corrected chi connectivity index (χ0v) is 15.0. The first kappa shape index (κ1) is 16.0. The number of benzene rings is 1. The standard InChI is InChI=1S/C19H25N3OS/c1-13(14-8-9-14)20-18(23)12-22-10-4-5-15(11-22)19-21-16-6-2-3-7-17(16)24-19/h2-3,6-7,13-15H,4-5,8-12H2,1H3,(H,20,23)/t13-,15-/m0/s1. The van der Waals surface area contributed by atoms with Crippen molar-refractivity contribution in [1.82, 2.24) is 15.2 Å². The summed E-state index contributed by atoms with van der Waals surface area (Å²) in [5.41, 5.74) is 1.10. The number of likely N-dealkylation sites (tertiary alicyclic amines) is 1. The highest BCUT2D eigenvalue weighted by Crippen LogP contribution is 2.33. The summed E-state index contributed by atoms with van der Waals surface area (Å²) in [6.07, 6.45) is 4.86. The molecule has 4 nitrogen and oxygen atoms in total. The molecule has 0 radical (unpaired) electrons. The van der Waals surface area contributed by atoms with E-state index >= 15 is 0 Å². The number of aromatic nitrogens is 1. The lowest BCUT2D eigenvalue weighted by atomic mass is 9.99. The summed E-state index contributed by atoms with van der Waals surface area (Å²) >= 11 is 1.81. The Morgan fingerprint density at radius 2 is 2.21 bits per heavy atom. The van der Waals surface area contributed by atoms with Gasteiger partial charge in [0, 0.05) is 18.5 Å². The normalized spacial score (nSPS) is 23.3. The smallest absolute Gasteiger partial charge is 0.234 e.